The Hall–Kier alpha value is -1.27. The summed E-state index contributed by atoms with van der Waals surface area (Å²) >= 11 is 0. The summed E-state index contributed by atoms with van der Waals surface area (Å²) in [6.07, 6.45) is -6.31. The number of rotatable bonds is 1. The van der Waals surface area contributed by atoms with Crippen molar-refractivity contribution in [3.63, 3.8) is 0 Å². The fraction of sp³-hybridized carbons (Fsp3) is 0.500. The van der Waals surface area contributed by atoms with E-state index in [1.165, 1.54) is 5.32 Å². The van der Waals surface area contributed by atoms with Gasteiger partial charge >= 0.3 is 12.2 Å². The zero-order chi connectivity index (χ0) is 9.07. The number of urea groups is 1. The number of halogens is 3. The summed E-state index contributed by atoms with van der Waals surface area (Å²) in [4.78, 5) is 20.0. The summed E-state index contributed by atoms with van der Waals surface area (Å²) in [5, 5.41) is 1.28. The van der Waals surface area contributed by atoms with Crippen LogP contribution in [0.15, 0.2) is 0 Å². The van der Waals surface area contributed by atoms with Gasteiger partial charge in [-0.15, -0.1) is 0 Å². The van der Waals surface area contributed by atoms with Crippen molar-refractivity contribution < 1.29 is 22.8 Å². The number of primary amides is 1. The molecule has 0 heterocycles. The van der Waals surface area contributed by atoms with Crippen molar-refractivity contribution in [3.8, 4) is 0 Å². The van der Waals surface area contributed by atoms with Crippen LogP contribution in [-0.2, 0) is 4.79 Å². The van der Waals surface area contributed by atoms with Gasteiger partial charge in [0.05, 0.1) is 0 Å². The zero-order valence-electron chi connectivity index (χ0n) is 5.23. The minimum Gasteiger partial charge on any atom is -0.351 e. The van der Waals surface area contributed by atoms with Crippen molar-refractivity contribution in [2.45, 2.75) is 12.6 Å². The molecule has 64 valence electrons. The molecule has 7 heteroatoms. The fourth-order valence-corrected chi connectivity index (χ4v) is 0.364. The standard InChI is InChI=1S/C4H5F3N2O2/c5-4(6,7)1-2(10)9-3(8)11/h1H2,(H3,8,9,10,11). The SMILES string of the molecule is NC(=O)NC(=O)CC(F)(F)F. The Balaban J connectivity index is 3.80. The van der Waals surface area contributed by atoms with Crippen LogP contribution in [-0.4, -0.2) is 18.1 Å². The highest BCUT2D eigenvalue weighted by Gasteiger charge is 2.31. The van der Waals surface area contributed by atoms with Crippen molar-refractivity contribution in [2.24, 2.45) is 5.73 Å². The molecule has 0 radical (unpaired) electrons. The van der Waals surface area contributed by atoms with E-state index in [1.807, 2.05) is 0 Å². The lowest BCUT2D eigenvalue weighted by molar-refractivity contribution is -0.152. The summed E-state index contributed by atoms with van der Waals surface area (Å²) in [7, 11) is 0. The Morgan fingerprint density at radius 3 is 2.09 bits per heavy atom. The van der Waals surface area contributed by atoms with Gasteiger partial charge in [-0.05, 0) is 0 Å². The number of nitrogens with two attached hydrogens (primary N) is 1. The molecule has 3 amide bonds. The molecule has 0 aromatic heterocycles. The second kappa shape index (κ2) is 3.22. The molecule has 0 saturated heterocycles. The summed E-state index contributed by atoms with van der Waals surface area (Å²) in [5.74, 6) is -1.45. The van der Waals surface area contributed by atoms with E-state index in [-0.39, 0.29) is 0 Å². The van der Waals surface area contributed by atoms with Crippen LogP contribution in [0.4, 0.5) is 18.0 Å². The third-order valence-corrected chi connectivity index (χ3v) is 0.624. The molecule has 0 atom stereocenters. The molecule has 0 saturated carbocycles. The maximum Gasteiger partial charge on any atom is 0.397 e. The quantitative estimate of drug-likeness (QED) is 0.587. The predicted octanol–water partition coefficient (Wildman–Crippen LogP) is 0.134. The van der Waals surface area contributed by atoms with Gasteiger partial charge in [0.15, 0.2) is 0 Å². The first-order valence-electron chi connectivity index (χ1n) is 2.47. The lowest BCUT2D eigenvalue weighted by atomic mass is 10.4. The topological polar surface area (TPSA) is 72.2 Å². The van der Waals surface area contributed by atoms with Crippen molar-refractivity contribution in [2.75, 3.05) is 0 Å². The van der Waals surface area contributed by atoms with Crippen LogP contribution in [0.25, 0.3) is 0 Å². The summed E-state index contributed by atoms with van der Waals surface area (Å²) in [5.41, 5.74) is 4.37. The van der Waals surface area contributed by atoms with Crippen LogP contribution in [0, 0.1) is 0 Å². The van der Waals surface area contributed by atoms with E-state index < -0.39 is 24.5 Å². The van der Waals surface area contributed by atoms with Crippen LogP contribution in [0.5, 0.6) is 0 Å². The molecular formula is C4H5F3N2O2. The van der Waals surface area contributed by atoms with E-state index in [0.29, 0.717) is 0 Å². The highest BCUT2D eigenvalue weighted by molar-refractivity contribution is 5.93. The van der Waals surface area contributed by atoms with E-state index >= 15 is 0 Å². The van der Waals surface area contributed by atoms with E-state index in [2.05, 4.69) is 5.73 Å². The molecular weight excluding hydrogens is 165 g/mol. The number of carbonyl (C=O) groups excluding carboxylic acids is 2. The molecule has 0 spiro atoms. The summed E-state index contributed by atoms with van der Waals surface area (Å²) in [6.45, 7) is 0. The van der Waals surface area contributed by atoms with Gasteiger partial charge in [0.25, 0.3) is 0 Å². The van der Waals surface area contributed by atoms with Crippen molar-refractivity contribution in [1.82, 2.24) is 5.32 Å². The van der Waals surface area contributed by atoms with Gasteiger partial charge in [-0.2, -0.15) is 13.2 Å². The normalized spacial score (nSPS) is 10.8. The van der Waals surface area contributed by atoms with Crippen molar-refractivity contribution >= 4 is 11.9 Å². The maximum absolute atomic E-state index is 11.3. The Morgan fingerprint density at radius 1 is 1.36 bits per heavy atom. The maximum atomic E-state index is 11.3. The van der Waals surface area contributed by atoms with Crippen LogP contribution >= 0.6 is 0 Å². The lowest BCUT2D eigenvalue weighted by Crippen LogP contribution is -2.37. The number of nitrogens with one attached hydrogen (secondary N) is 1. The molecule has 0 rings (SSSR count). The van der Waals surface area contributed by atoms with Gasteiger partial charge in [0, 0.05) is 0 Å². The molecule has 0 aromatic rings. The van der Waals surface area contributed by atoms with Gasteiger partial charge in [-0.3, -0.25) is 10.1 Å². The van der Waals surface area contributed by atoms with E-state index in [1.54, 1.807) is 0 Å². The van der Waals surface area contributed by atoms with E-state index in [9.17, 15) is 22.8 Å². The first-order chi connectivity index (χ1) is 4.81. The Labute approximate surface area is 59.5 Å². The second-order valence-corrected chi connectivity index (χ2v) is 1.70. The lowest BCUT2D eigenvalue weighted by Gasteiger charge is -2.03. The number of hydrogen-bond acceptors (Lipinski definition) is 2. The van der Waals surface area contributed by atoms with Gasteiger partial charge in [-0.1, -0.05) is 0 Å². The number of carbonyl (C=O) groups is 2. The van der Waals surface area contributed by atoms with Gasteiger partial charge in [-0.25, -0.2) is 4.79 Å². The highest BCUT2D eigenvalue weighted by atomic mass is 19.4. The van der Waals surface area contributed by atoms with Gasteiger partial charge < -0.3 is 5.73 Å². The first-order valence-corrected chi connectivity index (χ1v) is 2.47. The Morgan fingerprint density at radius 2 is 1.82 bits per heavy atom. The van der Waals surface area contributed by atoms with Crippen molar-refractivity contribution in [1.29, 1.82) is 0 Å². The largest absolute Gasteiger partial charge is 0.397 e. The second-order valence-electron chi connectivity index (χ2n) is 1.70. The zero-order valence-corrected chi connectivity index (χ0v) is 5.23. The van der Waals surface area contributed by atoms with Gasteiger partial charge in [0.1, 0.15) is 6.42 Å². The Kier molecular flexibility index (Phi) is 2.85. The third kappa shape index (κ3) is 6.62. The van der Waals surface area contributed by atoms with Crippen LogP contribution in [0.1, 0.15) is 6.42 Å². The first kappa shape index (κ1) is 9.73. The molecule has 0 aliphatic rings. The molecule has 0 aromatic carbocycles. The minimum absolute atomic E-state index is 1.28. The molecule has 0 aliphatic heterocycles. The van der Waals surface area contributed by atoms with Crippen LogP contribution in [0.3, 0.4) is 0 Å². The van der Waals surface area contributed by atoms with E-state index in [4.69, 9.17) is 0 Å². The highest BCUT2D eigenvalue weighted by Crippen LogP contribution is 2.18. The number of hydrogen-bond donors (Lipinski definition) is 2. The Bertz CT molecular complexity index is 177. The number of amides is 3. The predicted molar refractivity (Wildman–Crippen MR) is 28.4 cm³/mol. The molecule has 0 fully saturated rings. The van der Waals surface area contributed by atoms with Crippen LogP contribution in [0.2, 0.25) is 0 Å². The number of alkyl halides is 3. The van der Waals surface area contributed by atoms with Gasteiger partial charge in [0.2, 0.25) is 5.91 Å². The molecule has 4 nitrogen and oxygen atoms in total. The summed E-state index contributed by atoms with van der Waals surface area (Å²) < 4.78 is 34.0. The molecule has 11 heavy (non-hydrogen) atoms. The average Bonchev–Trinajstić information content (AvgIpc) is 1.53. The average molecular weight is 170 g/mol. The molecule has 0 bridgehead atoms. The smallest absolute Gasteiger partial charge is 0.351 e. The van der Waals surface area contributed by atoms with Crippen molar-refractivity contribution in [3.05, 3.63) is 0 Å². The molecule has 3 N–H and O–H groups in total. The monoisotopic (exact) mass is 170 g/mol. The third-order valence-electron chi connectivity index (χ3n) is 0.624. The molecule has 0 unspecified atom stereocenters. The van der Waals surface area contributed by atoms with Crippen LogP contribution < -0.4 is 11.1 Å². The number of imide groups is 1. The molecule has 0 aliphatic carbocycles. The van der Waals surface area contributed by atoms with E-state index in [0.717, 1.165) is 0 Å². The fourth-order valence-electron chi connectivity index (χ4n) is 0.364. The summed E-state index contributed by atoms with van der Waals surface area (Å²) in [6, 6.07) is -1.29. The minimum atomic E-state index is -4.61.